The van der Waals surface area contributed by atoms with Crippen LogP contribution in [-0.2, 0) is 0 Å². The minimum Gasteiger partial charge on any atom is -0.451 e. The van der Waals surface area contributed by atoms with Gasteiger partial charge in [0.1, 0.15) is 11.4 Å². The number of hydrogen-bond acceptors (Lipinski definition) is 3. The standard InChI is InChI=1S/C15H17FN2O2.ClH/c1-9-12-7-10(16)4-5-13(12)20-14(9)15(19)18-11-3-2-6-17-8-11;/h4-5,7,11,17H,2-3,6,8H2,1H3,(H,18,19);1H/t11-;/m0./s1. The lowest BCUT2D eigenvalue weighted by molar-refractivity contribution is 0.0904. The zero-order valence-corrected chi connectivity index (χ0v) is 12.6. The van der Waals surface area contributed by atoms with E-state index in [0.717, 1.165) is 25.9 Å². The molecule has 2 heterocycles. The van der Waals surface area contributed by atoms with Crippen molar-refractivity contribution >= 4 is 29.3 Å². The summed E-state index contributed by atoms with van der Waals surface area (Å²) >= 11 is 0. The number of halogens is 2. The lowest BCUT2D eigenvalue weighted by Crippen LogP contribution is -2.45. The summed E-state index contributed by atoms with van der Waals surface area (Å²) in [4.78, 5) is 12.3. The van der Waals surface area contributed by atoms with Crippen molar-refractivity contribution in [1.82, 2.24) is 10.6 Å². The molecule has 4 nitrogen and oxygen atoms in total. The number of fused-ring (bicyclic) bond motifs is 1. The van der Waals surface area contributed by atoms with Crippen LogP contribution in [0.15, 0.2) is 22.6 Å². The average Bonchev–Trinajstić information content (AvgIpc) is 2.77. The van der Waals surface area contributed by atoms with Gasteiger partial charge in [-0.05, 0) is 44.5 Å². The molecule has 2 aromatic rings. The van der Waals surface area contributed by atoms with Crippen LogP contribution in [0.25, 0.3) is 11.0 Å². The molecule has 6 heteroatoms. The fourth-order valence-corrected chi connectivity index (χ4v) is 2.64. The lowest BCUT2D eigenvalue weighted by atomic mass is 10.1. The van der Waals surface area contributed by atoms with Crippen LogP contribution in [0, 0.1) is 12.7 Å². The molecule has 0 saturated carbocycles. The molecule has 0 bridgehead atoms. The molecular formula is C15H18ClFN2O2. The Balaban J connectivity index is 0.00000161. The van der Waals surface area contributed by atoms with Gasteiger partial charge in [0.15, 0.2) is 5.76 Å². The van der Waals surface area contributed by atoms with Gasteiger partial charge in [-0.3, -0.25) is 4.79 Å². The number of amides is 1. The van der Waals surface area contributed by atoms with Gasteiger partial charge in [-0.2, -0.15) is 0 Å². The van der Waals surface area contributed by atoms with Gasteiger partial charge in [-0.15, -0.1) is 12.4 Å². The molecule has 1 aliphatic heterocycles. The Kier molecular flexibility index (Phi) is 4.85. The van der Waals surface area contributed by atoms with Crippen LogP contribution in [-0.4, -0.2) is 25.0 Å². The van der Waals surface area contributed by atoms with E-state index in [1.54, 1.807) is 13.0 Å². The molecule has 1 aliphatic rings. The zero-order chi connectivity index (χ0) is 14.1. The van der Waals surface area contributed by atoms with Gasteiger partial charge < -0.3 is 15.1 Å². The van der Waals surface area contributed by atoms with Gasteiger partial charge in [0.25, 0.3) is 5.91 Å². The predicted octanol–water partition coefficient (Wildman–Crippen LogP) is 2.78. The van der Waals surface area contributed by atoms with Crippen molar-refractivity contribution in [3.8, 4) is 0 Å². The second-order valence-corrected chi connectivity index (χ2v) is 5.21. The number of nitrogens with one attached hydrogen (secondary N) is 2. The third-order valence-corrected chi connectivity index (χ3v) is 3.74. The second kappa shape index (κ2) is 6.45. The number of hydrogen-bond donors (Lipinski definition) is 2. The van der Waals surface area contributed by atoms with Crippen molar-refractivity contribution in [3.63, 3.8) is 0 Å². The molecule has 1 atom stereocenters. The topological polar surface area (TPSA) is 54.3 Å². The lowest BCUT2D eigenvalue weighted by Gasteiger charge is -2.23. The number of carbonyl (C=O) groups is 1. The number of aryl methyl sites for hydroxylation is 1. The highest BCUT2D eigenvalue weighted by Crippen LogP contribution is 2.26. The molecule has 2 N–H and O–H groups in total. The van der Waals surface area contributed by atoms with Gasteiger partial charge in [0.2, 0.25) is 0 Å². The summed E-state index contributed by atoms with van der Waals surface area (Å²) in [6.45, 7) is 3.55. The Hall–Kier alpha value is -1.59. The molecule has 1 amide bonds. The van der Waals surface area contributed by atoms with Crippen molar-refractivity contribution in [1.29, 1.82) is 0 Å². The van der Waals surface area contributed by atoms with Gasteiger partial charge in [0.05, 0.1) is 0 Å². The molecule has 1 fully saturated rings. The van der Waals surface area contributed by atoms with Crippen LogP contribution in [0.4, 0.5) is 4.39 Å². The highest BCUT2D eigenvalue weighted by molar-refractivity contribution is 5.99. The largest absolute Gasteiger partial charge is 0.451 e. The normalized spacial score (nSPS) is 18.3. The van der Waals surface area contributed by atoms with Crippen molar-refractivity contribution < 1.29 is 13.6 Å². The first-order valence-electron chi connectivity index (χ1n) is 6.85. The summed E-state index contributed by atoms with van der Waals surface area (Å²) in [7, 11) is 0. The fourth-order valence-electron chi connectivity index (χ4n) is 2.64. The van der Waals surface area contributed by atoms with Gasteiger partial charge >= 0.3 is 0 Å². The van der Waals surface area contributed by atoms with E-state index in [4.69, 9.17) is 4.42 Å². The second-order valence-electron chi connectivity index (χ2n) is 5.21. The van der Waals surface area contributed by atoms with Gasteiger partial charge in [-0.1, -0.05) is 0 Å². The number of piperidine rings is 1. The van der Waals surface area contributed by atoms with Crippen molar-refractivity contribution in [2.24, 2.45) is 0 Å². The fraction of sp³-hybridized carbons (Fsp3) is 0.400. The van der Waals surface area contributed by atoms with Crippen molar-refractivity contribution in [2.75, 3.05) is 13.1 Å². The maximum atomic E-state index is 13.2. The molecule has 114 valence electrons. The molecule has 0 aliphatic carbocycles. The number of furan rings is 1. The first-order valence-corrected chi connectivity index (χ1v) is 6.85. The maximum Gasteiger partial charge on any atom is 0.287 e. The van der Waals surface area contributed by atoms with Gasteiger partial charge in [-0.25, -0.2) is 4.39 Å². The highest BCUT2D eigenvalue weighted by atomic mass is 35.5. The summed E-state index contributed by atoms with van der Waals surface area (Å²) < 4.78 is 18.8. The molecule has 1 aromatic heterocycles. The first kappa shape index (κ1) is 15.8. The summed E-state index contributed by atoms with van der Waals surface area (Å²) in [5, 5.41) is 6.86. The van der Waals surface area contributed by atoms with Crippen LogP contribution >= 0.6 is 12.4 Å². The monoisotopic (exact) mass is 312 g/mol. The van der Waals surface area contributed by atoms with Crippen LogP contribution in [0.5, 0.6) is 0 Å². The summed E-state index contributed by atoms with van der Waals surface area (Å²) in [6.07, 6.45) is 2.02. The minimum atomic E-state index is -0.329. The Morgan fingerprint density at radius 2 is 2.29 bits per heavy atom. The third kappa shape index (κ3) is 3.19. The first-order chi connectivity index (χ1) is 9.65. The third-order valence-electron chi connectivity index (χ3n) is 3.74. The summed E-state index contributed by atoms with van der Waals surface area (Å²) in [6, 6.07) is 4.41. The Morgan fingerprint density at radius 3 is 3.00 bits per heavy atom. The van der Waals surface area contributed by atoms with E-state index in [1.165, 1.54) is 12.1 Å². The molecule has 1 saturated heterocycles. The Morgan fingerprint density at radius 1 is 1.48 bits per heavy atom. The van der Waals surface area contributed by atoms with Crippen LogP contribution in [0.1, 0.15) is 29.0 Å². The minimum absolute atomic E-state index is 0. The highest BCUT2D eigenvalue weighted by Gasteiger charge is 2.21. The van der Waals surface area contributed by atoms with E-state index < -0.39 is 0 Å². The van der Waals surface area contributed by atoms with E-state index in [9.17, 15) is 9.18 Å². The Bertz CT molecular complexity index is 650. The van der Waals surface area contributed by atoms with Crippen LogP contribution in [0.3, 0.4) is 0 Å². The van der Waals surface area contributed by atoms with E-state index in [0.29, 0.717) is 16.5 Å². The molecule has 0 radical (unpaired) electrons. The maximum absolute atomic E-state index is 13.2. The summed E-state index contributed by atoms with van der Waals surface area (Å²) in [5.41, 5.74) is 1.22. The van der Waals surface area contributed by atoms with Crippen LogP contribution in [0.2, 0.25) is 0 Å². The van der Waals surface area contributed by atoms with E-state index in [-0.39, 0.29) is 35.9 Å². The van der Waals surface area contributed by atoms with E-state index in [2.05, 4.69) is 10.6 Å². The molecule has 0 spiro atoms. The molecule has 3 rings (SSSR count). The average molecular weight is 313 g/mol. The SMILES string of the molecule is Cc1c(C(=O)N[C@H]2CCCNC2)oc2ccc(F)cc12.Cl. The predicted molar refractivity (Wildman–Crippen MR) is 81.5 cm³/mol. The van der Waals surface area contributed by atoms with Crippen molar-refractivity contribution in [3.05, 3.63) is 35.3 Å². The van der Waals surface area contributed by atoms with E-state index in [1.807, 2.05) is 0 Å². The van der Waals surface area contributed by atoms with Gasteiger partial charge in [0, 0.05) is 23.5 Å². The smallest absolute Gasteiger partial charge is 0.287 e. The number of rotatable bonds is 2. The molecule has 0 unspecified atom stereocenters. The number of benzene rings is 1. The quantitative estimate of drug-likeness (QED) is 0.896. The van der Waals surface area contributed by atoms with Crippen LogP contribution < -0.4 is 10.6 Å². The molecular weight excluding hydrogens is 295 g/mol. The van der Waals surface area contributed by atoms with Crippen molar-refractivity contribution in [2.45, 2.75) is 25.8 Å². The molecule has 21 heavy (non-hydrogen) atoms. The molecule has 1 aromatic carbocycles. The Labute approximate surface area is 128 Å². The van der Waals surface area contributed by atoms with E-state index >= 15 is 0 Å². The number of carbonyl (C=O) groups excluding carboxylic acids is 1. The zero-order valence-electron chi connectivity index (χ0n) is 11.7. The summed E-state index contributed by atoms with van der Waals surface area (Å²) in [5.74, 6) is -0.283.